The molecule has 3 nitrogen and oxygen atoms in total. The zero-order valence-corrected chi connectivity index (χ0v) is 13.5. The van der Waals surface area contributed by atoms with Crippen LogP contribution >= 0.6 is 7.26 Å². The Morgan fingerprint density at radius 3 is 1.37 bits per heavy atom. The van der Waals surface area contributed by atoms with Gasteiger partial charge in [-0.2, -0.15) is 0 Å². The maximum atomic E-state index is 5.67. The second-order valence-corrected chi connectivity index (χ2v) is 7.55. The average molecular weight is 388 g/mol. The minimum atomic E-state index is -1.89. The van der Waals surface area contributed by atoms with Crippen molar-refractivity contribution >= 4 is 23.8 Å². The van der Waals surface area contributed by atoms with Crippen LogP contribution in [0.4, 0.5) is 0 Å². The Labute approximate surface area is 129 Å². The Morgan fingerprint density at radius 2 is 1.16 bits per heavy atom. The van der Waals surface area contributed by atoms with E-state index in [4.69, 9.17) is 13.3 Å². The van der Waals surface area contributed by atoms with Crippen LogP contribution in [0.1, 0.15) is 6.92 Å². The molecule has 0 unspecified atom stereocenters. The van der Waals surface area contributed by atoms with Crippen LogP contribution in [-0.2, 0) is 0 Å². The summed E-state index contributed by atoms with van der Waals surface area (Å²) in [6.07, 6.45) is 6.00. The first-order valence-electron chi connectivity index (χ1n) is 5.88. The summed E-state index contributed by atoms with van der Waals surface area (Å²) in [4.78, 5) is 0. The van der Waals surface area contributed by atoms with Gasteiger partial charge < -0.3 is 37.2 Å². The van der Waals surface area contributed by atoms with Crippen molar-refractivity contribution in [3.05, 3.63) is 55.2 Å². The van der Waals surface area contributed by atoms with Crippen molar-refractivity contribution in [1.82, 2.24) is 0 Å². The van der Waals surface area contributed by atoms with Crippen LogP contribution in [0.25, 0.3) is 0 Å². The van der Waals surface area contributed by atoms with Gasteiger partial charge in [0.1, 0.15) is 0 Å². The van der Waals surface area contributed by atoms with Crippen molar-refractivity contribution in [1.29, 1.82) is 0 Å². The van der Waals surface area contributed by atoms with Gasteiger partial charge in [0.05, 0.1) is 25.0 Å². The third-order valence-electron chi connectivity index (χ3n) is 3.12. The fourth-order valence-corrected chi connectivity index (χ4v) is 5.59. The molecule has 19 heavy (non-hydrogen) atoms. The molecule has 0 N–H and O–H groups in total. The standard InChI is InChI=1S/C14H14O3P.HI/c1-2-18(12-6-3-9-15-12,13-7-4-10-16-13)14-8-5-11-17-14;/h3-11H,2H2,1H3;1H/q+1;/p-1. The molecule has 3 heterocycles. The lowest BCUT2D eigenvalue weighted by Crippen LogP contribution is -3.00. The van der Waals surface area contributed by atoms with E-state index in [0.717, 1.165) is 22.7 Å². The Balaban J connectivity index is 0.00000133. The molecule has 0 amide bonds. The lowest BCUT2D eigenvalue weighted by Gasteiger charge is -2.16. The highest BCUT2D eigenvalue weighted by Gasteiger charge is 2.52. The number of hydrogen-bond acceptors (Lipinski definition) is 3. The fourth-order valence-electron chi connectivity index (χ4n) is 2.25. The van der Waals surface area contributed by atoms with E-state index in [1.807, 2.05) is 36.4 Å². The lowest BCUT2D eigenvalue weighted by atomic mass is 10.7. The Hall–Kier alpha value is -1.000. The molecule has 0 aliphatic rings. The van der Waals surface area contributed by atoms with Crippen molar-refractivity contribution in [2.75, 3.05) is 6.16 Å². The number of furan rings is 3. The summed E-state index contributed by atoms with van der Waals surface area (Å²) >= 11 is 0. The molecular formula is C14H14IO3P. The Kier molecular flexibility index (Phi) is 4.53. The summed E-state index contributed by atoms with van der Waals surface area (Å²) < 4.78 is 17.0. The van der Waals surface area contributed by atoms with E-state index in [-0.39, 0.29) is 24.0 Å². The lowest BCUT2D eigenvalue weighted by molar-refractivity contribution is -0.00000484. The van der Waals surface area contributed by atoms with Crippen LogP contribution in [0.3, 0.4) is 0 Å². The van der Waals surface area contributed by atoms with Crippen molar-refractivity contribution < 1.29 is 37.2 Å². The molecule has 0 aliphatic heterocycles. The minimum absolute atomic E-state index is 0. The monoisotopic (exact) mass is 388 g/mol. The molecule has 0 spiro atoms. The van der Waals surface area contributed by atoms with Gasteiger partial charge in [-0.15, -0.1) is 0 Å². The van der Waals surface area contributed by atoms with Crippen LogP contribution in [0.15, 0.2) is 68.4 Å². The molecule has 100 valence electrons. The van der Waals surface area contributed by atoms with Crippen molar-refractivity contribution in [3.8, 4) is 0 Å². The highest BCUT2D eigenvalue weighted by atomic mass is 127. The summed E-state index contributed by atoms with van der Waals surface area (Å²) in [5, 5.41) is 0. The van der Waals surface area contributed by atoms with Crippen molar-refractivity contribution in [2.45, 2.75) is 6.92 Å². The highest BCUT2D eigenvalue weighted by Crippen LogP contribution is 2.55. The predicted octanol–water partition coefficient (Wildman–Crippen LogP) is -0.217. The van der Waals surface area contributed by atoms with Gasteiger partial charge in [-0.1, -0.05) is 0 Å². The predicted molar refractivity (Wildman–Crippen MR) is 72.5 cm³/mol. The van der Waals surface area contributed by atoms with Gasteiger partial charge in [0, 0.05) is 18.2 Å². The SMILES string of the molecule is CC[P+](c1ccco1)(c1ccco1)c1ccco1.[I-]. The van der Waals surface area contributed by atoms with Gasteiger partial charge in [0.15, 0.2) is 0 Å². The molecule has 0 radical (unpaired) electrons. The Morgan fingerprint density at radius 1 is 0.789 bits per heavy atom. The van der Waals surface area contributed by atoms with Gasteiger partial charge in [0.2, 0.25) is 7.26 Å². The first-order chi connectivity index (χ1) is 8.88. The van der Waals surface area contributed by atoms with E-state index in [0.29, 0.717) is 0 Å². The fraction of sp³-hybridized carbons (Fsp3) is 0.143. The molecule has 0 atom stereocenters. The summed E-state index contributed by atoms with van der Waals surface area (Å²) in [6, 6.07) is 11.7. The maximum Gasteiger partial charge on any atom is 0.262 e. The van der Waals surface area contributed by atoms with Gasteiger partial charge in [0.25, 0.3) is 16.5 Å². The smallest absolute Gasteiger partial charge is 0.262 e. The molecule has 0 saturated heterocycles. The van der Waals surface area contributed by atoms with E-state index in [1.54, 1.807) is 18.8 Å². The molecule has 3 aromatic heterocycles. The molecule has 0 bridgehead atoms. The molecule has 0 fully saturated rings. The molecule has 0 aromatic carbocycles. The van der Waals surface area contributed by atoms with E-state index in [9.17, 15) is 0 Å². The molecule has 0 aliphatic carbocycles. The van der Waals surface area contributed by atoms with Crippen LogP contribution < -0.4 is 40.5 Å². The Bertz CT molecular complexity index is 501. The summed E-state index contributed by atoms with van der Waals surface area (Å²) in [6.45, 7) is 2.14. The van der Waals surface area contributed by atoms with Crippen LogP contribution in [-0.4, -0.2) is 6.16 Å². The second-order valence-electron chi connectivity index (χ2n) is 3.98. The van der Waals surface area contributed by atoms with E-state index in [1.165, 1.54) is 0 Å². The van der Waals surface area contributed by atoms with Crippen LogP contribution in [0.2, 0.25) is 0 Å². The number of rotatable bonds is 4. The quantitative estimate of drug-likeness (QED) is 0.459. The van der Waals surface area contributed by atoms with E-state index in [2.05, 4.69) is 6.92 Å². The van der Waals surface area contributed by atoms with Gasteiger partial charge in [-0.3, -0.25) is 0 Å². The minimum Gasteiger partial charge on any atom is -1.00 e. The first-order valence-corrected chi connectivity index (χ1v) is 7.85. The van der Waals surface area contributed by atoms with E-state index >= 15 is 0 Å². The highest BCUT2D eigenvalue weighted by molar-refractivity contribution is 7.94. The van der Waals surface area contributed by atoms with Gasteiger partial charge in [-0.25, -0.2) is 0 Å². The van der Waals surface area contributed by atoms with E-state index < -0.39 is 7.26 Å². The molecule has 0 saturated carbocycles. The van der Waals surface area contributed by atoms with Crippen molar-refractivity contribution in [3.63, 3.8) is 0 Å². The zero-order chi connectivity index (χ0) is 12.4. The first kappa shape index (κ1) is 14.4. The zero-order valence-electron chi connectivity index (χ0n) is 10.5. The van der Waals surface area contributed by atoms with Crippen LogP contribution in [0.5, 0.6) is 0 Å². The summed E-state index contributed by atoms with van der Waals surface area (Å²) in [7, 11) is -1.89. The van der Waals surface area contributed by atoms with Crippen LogP contribution in [0, 0.1) is 0 Å². The van der Waals surface area contributed by atoms with Gasteiger partial charge in [-0.05, 0) is 25.1 Å². The topological polar surface area (TPSA) is 39.4 Å². The molecule has 5 heteroatoms. The summed E-state index contributed by atoms with van der Waals surface area (Å²) in [5.74, 6) is 0. The van der Waals surface area contributed by atoms with Gasteiger partial charge >= 0.3 is 0 Å². The molecular weight excluding hydrogens is 374 g/mol. The largest absolute Gasteiger partial charge is 1.00 e. The molecule has 3 rings (SSSR count). The summed E-state index contributed by atoms with van der Waals surface area (Å²) in [5.41, 5.74) is 2.82. The maximum absolute atomic E-state index is 5.67. The molecule has 3 aromatic rings. The normalized spacial score (nSPS) is 11.2. The second kappa shape index (κ2) is 5.97. The number of hydrogen-bond donors (Lipinski definition) is 0. The average Bonchev–Trinajstić information content (AvgIpc) is 3.16. The van der Waals surface area contributed by atoms with Crippen molar-refractivity contribution in [2.24, 2.45) is 0 Å². The third-order valence-corrected chi connectivity index (χ3v) is 7.09. The number of halogens is 1. The third kappa shape index (κ3) is 2.28.